The highest BCUT2D eigenvalue weighted by Gasteiger charge is 2.43. The van der Waals surface area contributed by atoms with Gasteiger partial charge in [0.15, 0.2) is 0 Å². The number of terminal acetylenes is 1. The van der Waals surface area contributed by atoms with Gasteiger partial charge in [-0.3, -0.25) is 0 Å². The Hall–Kier alpha value is -0.560. The lowest BCUT2D eigenvalue weighted by Gasteiger charge is -2.47. The van der Waals surface area contributed by atoms with Gasteiger partial charge in [0.2, 0.25) is 0 Å². The van der Waals surface area contributed by atoms with Gasteiger partial charge < -0.3 is 15.8 Å². The zero-order valence-corrected chi connectivity index (χ0v) is 8.88. The Balaban J connectivity index is 2.23. The molecule has 0 aliphatic heterocycles. The maximum Gasteiger partial charge on any atom is 0.0611 e. The van der Waals surface area contributed by atoms with Crippen LogP contribution < -0.4 is 11.1 Å². The van der Waals surface area contributed by atoms with Crippen LogP contribution >= 0.6 is 0 Å². The Morgan fingerprint density at radius 2 is 2.36 bits per heavy atom. The van der Waals surface area contributed by atoms with Crippen LogP contribution in [0.5, 0.6) is 0 Å². The average molecular weight is 196 g/mol. The summed E-state index contributed by atoms with van der Waals surface area (Å²) in [5, 5.41) is 3.42. The molecule has 0 aromatic heterocycles. The molecule has 80 valence electrons. The second-order valence-corrected chi connectivity index (χ2v) is 3.85. The van der Waals surface area contributed by atoms with E-state index in [2.05, 4.69) is 11.2 Å². The van der Waals surface area contributed by atoms with E-state index in [1.54, 1.807) is 0 Å². The second-order valence-electron chi connectivity index (χ2n) is 3.85. The van der Waals surface area contributed by atoms with Crippen molar-refractivity contribution in [2.75, 3.05) is 19.7 Å². The summed E-state index contributed by atoms with van der Waals surface area (Å²) in [6.45, 7) is 4.33. The predicted molar refractivity (Wildman–Crippen MR) is 57.9 cm³/mol. The summed E-state index contributed by atoms with van der Waals surface area (Å²) in [5.74, 6) is 2.61. The molecule has 0 aromatic carbocycles. The van der Waals surface area contributed by atoms with E-state index in [0.29, 0.717) is 12.6 Å². The summed E-state index contributed by atoms with van der Waals surface area (Å²) < 4.78 is 5.51. The Bertz CT molecular complexity index is 204. The molecule has 0 heterocycles. The number of ether oxygens (including phenoxy) is 1. The zero-order valence-electron chi connectivity index (χ0n) is 8.88. The first-order chi connectivity index (χ1) is 6.76. The van der Waals surface area contributed by atoms with Crippen LogP contribution in [0, 0.1) is 12.3 Å². The second kappa shape index (κ2) is 5.35. The Morgan fingerprint density at radius 1 is 1.64 bits per heavy atom. The summed E-state index contributed by atoms with van der Waals surface area (Å²) >= 11 is 0. The molecule has 0 aromatic rings. The number of hydrogen-bond donors (Lipinski definition) is 2. The van der Waals surface area contributed by atoms with E-state index in [9.17, 15) is 0 Å². The van der Waals surface area contributed by atoms with Gasteiger partial charge in [0.25, 0.3) is 0 Å². The van der Waals surface area contributed by atoms with Gasteiger partial charge in [0, 0.05) is 31.7 Å². The highest BCUT2D eigenvalue weighted by Crippen LogP contribution is 2.33. The maximum atomic E-state index is 5.74. The molecule has 1 aliphatic carbocycles. The third-order valence-electron chi connectivity index (χ3n) is 2.80. The van der Waals surface area contributed by atoms with Crippen molar-refractivity contribution in [2.45, 2.75) is 37.8 Å². The fourth-order valence-corrected chi connectivity index (χ4v) is 1.95. The average Bonchev–Trinajstić information content (AvgIpc) is 2.14. The Kier molecular flexibility index (Phi) is 4.40. The lowest BCUT2D eigenvalue weighted by atomic mass is 9.74. The molecule has 0 saturated heterocycles. The van der Waals surface area contributed by atoms with Crippen LogP contribution in [0.2, 0.25) is 0 Å². The van der Waals surface area contributed by atoms with Gasteiger partial charge in [-0.25, -0.2) is 0 Å². The molecule has 1 rings (SSSR count). The van der Waals surface area contributed by atoms with Gasteiger partial charge in [-0.15, -0.1) is 12.3 Å². The van der Waals surface area contributed by atoms with Crippen molar-refractivity contribution >= 4 is 0 Å². The van der Waals surface area contributed by atoms with Gasteiger partial charge in [-0.05, 0) is 19.8 Å². The van der Waals surface area contributed by atoms with Crippen LogP contribution in [-0.4, -0.2) is 31.3 Å². The summed E-state index contributed by atoms with van der Waals surface area (Å²) in [7, 11) is 0. The summed E-state index contributed by atoms with van der Waals surface area (Å²) in [6, 6.07) is 0. The first-order valence-electron chi connectivity index (χ1n) is 5.26. The lowest BCUT2D eigenvalue weighted by molar-refractivity contribution is -0.0471. The summed E-state index contributed by atoms with van der Waals surface area (Å²) in [4.78, 5) is 0. The molecule has 1 fully saturated rings. The third kappa shape index (κ3) is 2.71. The fourth-order valence-electron chi connectivity index (χ4n) is 1.95. The predicted octanol–water partition coefficient (Wildman–Crippen LogP) is 0.496. The molecule has 0 spiro atoms. The molecule has 0 atom stereocenters. The molecule has 1 aliphatic rings. The van der Waals surface area contributed by atoms with Crippen molar-refractivity contribution in [3.63, 3.8) is 0 Å². The van der Waals surface area contributed by atoms with E-state index < -0.39 is 0 Å². The smallest absolute Gasteiger partial charge is 0.0611 e. The van der Waals surface area contributed by atoms with E-state index in [0.717, 1.165) is 32.4 Å². The highest BCUT2D eigenvalue weighted by molar-refractivity contribution is 5.03. The molecule has 3 heteroatoms. The number of nitrogens with two attached hydrogens (primary N) is 1. The monoisotopic (exact) mass is 196 g/mol. The number of nitrogens with one attached hydrogen (secondary N) is 1. The Morgan fingerprint density at radius 3 is 2.86 bits per heavy atom. The molecule has 3 N–H and O–H groups in total. The van der Waals surface area contributed by atoms with Crippen molar-refractivity contribution in [2.24, 2.45) is 5.73 Å². The molecule has 0 amide bonds. The lowest BCUT2D eigenvalue weighted by Crippen LogP contribution is -2.62. The number of rotatable bonds is 6. The van der Waals surface area contributed by atoms with Gasteiger partial charge in [-0.1, -0.05) is 0 Å². The Labute approximate surface area is 86.4 Å². The van der Waals surface area contributed by atoms with Gasteiger partial charge in [0.05, 0.1) is 6.10 Å². The minimum atomic E-state index is 0.0939. The van der Waals surface area contributed by atoms with E-state index in [1.165, 1.54) is 0 Å². The molecule has 0 radical (unpaired) electrons. The number of hydrogen-bond acceptors (Lipinski definition) is 3. The SMILES string of the molecule is C#CCCNC1(CN)CC(OCC)C1. The minimum absolute atomic E-state index is 0.0939. The van der Waals surface area contributed by atoms with Crippen LogP contribution in [0.4, 0.5) is 0 Å². The zero-order chi connectivity index (χ0) is 10.4. The van der Waals surface area contributed by atoms with E-state index in [-0.39, 0.29) is 5.54 Å². The van der Waals surface area contributed by atoms with Crippen molar-refractivity contribution < 1.29 is 4.74 Å². The first kappa shape index (κ1) is 11.5. The van der Waals surface area contributed by atoms with Crippen LogP contribution in [0.3, 0.4) is 0 Å². The van der Waals surface area contributed by atoms with Crippen LogP contribution in [-0.2, 0) is 4.74 Å². The van der Waals surface area contributed by atoms with Crippen molar-refractivity contribution in [1.29, 1.82) is 0 Å². The standard InChI is InChI=1S/C11H20N2O/c1-3-5-6-13-11(9-12)7-10(8-11)14-4-2/h1,10,13H,4-9,12H2,2H3. The maximum absolute atomic E-state index is 5.74. The van der Waals surface area contributed by atoms with Crippen LogP contribution in [0.15, 0.2) is 0 Å². The van der Waals surface area contributed by atoms with Crippen molar-refractivity contribution in [3.8, 4) is 12.3 Å². The topological polar surface area (TPSA) is 47.3 Å². The minimum Gasteiger partial charge on any atom is -0.378 e. The normalized spacial score (nSPS) is 30.8. The quantitative estimate of drug-likeness (QED) is 0.480. The largest absolute Gasteiger partial charge is 0.378 e. The van der Waals surface area contributed by atoms with Gasteiger partial charge in [0.1, 0.15) is 0 Å². The third-order valence-corrected chi connectivity index (χ3v) is 2.80. The fraction of sp³-hybridized carbons (Fsp3) is 0.818. The van der Waals surface area contributed by atoms with E-state index in [4.69, 9.17) is 16.9 Å². The van der Waals surface area contributed by atoms with E-state index >= 15 is 0 Å². The van der Waals surface area contributed by atoms with Gasteiger partial charge in [-0.2, -0.15) is 0 Å². The van der Waals surface area contributed by atoms with Crippen LogP contribution in [0.25, 0.3) is 0 Å². The molecular weight excluding hydrogens is 176 g/mol. The molecule has 14 heavy (non-hydrogen) atoms. The molecule has 3 nitrogen and oxygen atoms in total. The summed E-state index contributed by atoms with van der Waals surface area (Å²) in [6.07, 6.45) is 8.37. The highest BCUT2D eigenvalue weighted by atomic mass is 16.5. The summed E-state index contributed by atoms with van der Waals surface area (Å²) in [5.41, 5.74) is 5.83. The van der Waals surface area contributed by atoms with Gasteiger partial charge >= 0.3 is 0 Å². The van der Waals surface area contributed by atoms with Crippen molar-refractivity contribution in [3.05, 3.63) is 0 Å². The molecule has 0 unspecified atom stereocenters. The van der Waals surface area contributed by atoms with Crippen LogP contribution in [0.1, 0.15) is 26.2 Å². The van der Waals surface area contributed by atoms with Crippen molar-refractivity contribution in [1.82, 2.24) is 5.32 Å². The first-order valence-corrected chi connectivity index (χ1v) is 5.26. The molecule has 1 saturated carbocycles. The van der Waals surface area contributed by atoms with E-state index in [1.807, 2.05) is 6.92 Å². The molecular formula is C11H20N2O. The molecule has 0 bridgehead atoms.